The van der Waals surface area contributed by atoms with E-state index in [4.69, 9.17) is 9.26 Å². The molecular weight excluding hydrogens is 447 g/mol. The summed E-state index contributed by atoms with van der Waals surface area (Å²) >= 11 is 1.24. The van der Waals surface area contributed by atoms with Crippen LogP contribution in [0, 0.1) is 12.7 Å². The topological polar surface area (TPSA) is 97.6 Å². The summed E-state index contributed by atoms with van der Waals surface area (Å²) in [4.78, 5) is 31.9. The first kappa shape index (κ1) is 23.1. The molecule has 0 radical (unpaired) electrons. The van der Waals surface area contributed by atoms with Gasteiger partial charge in [-0.25, -0.2) is 9.18 Å². The van der Waals surface area contributed by atoms with Crippen LogP contribution in [0.1, 0.15) is 47.8 Å². The lowest BCUT2D eigenvalue weighted by Crippen LogP contribution is -2.39. The van der Waals surface area contributed by atoms with Gasteiger partial charge >= 0.3 is 5.97 Å². The van der Waals surface area contributed by atoms with Gasteiger partial charge in [0.1, 0.15) is 16.4 Å². The smallest absolute Gasteiger partial charge is 0.341 e. The molecule has 8 nitrogen and oxygen atoms in total. The lowest BCUT2D eigenvalue weighted by Gasteiger charge is -2.30. The average molecular weight is 473 g/mol. The van der Waals surface area contributed by atoms with Gasteiger partial charge in [-0.3, -0.25) is 9.69 Å². The van der Waals surface area contributed by atoms with Crippen molar-refractivity contribution in [1.82, 2.24) is 15.0 Å². The highest BCUT2D eigenvalue weighted by Gasteiger charge is 2.28. The van der Waals surface area contributed by atoms with Gasteiger partial charge in [-0.05, 0) is 50.9 Å². The van der Waals surface area contributed by atoms with Crippen molar-refractivity contribution in [3.05, 3.63) is 52.7 Å². The van der Waals surface area contributed by atoms with E-state index in [1.807, 2.05) is 4.90 Å². The Bertz CT molecular complexity index is 1130. The monoisotopic (exact) mass is 472 g/mol. The number of ether oxygens (including phenoxy) is 1. The quantitative estimate of drug-likeness (QED) is 0.514. The fraction of sp³-hybridized carbons (Fsp3) is 0.391. The molecule has 3 aromatic rings. The zero-order chi connectivity index (χ0) is 23.4. The molecule has 174 valence electrons. The summed E-state index contributed by atoms with van der Waals surface area (Å²) in [6.45, 7) is 5.31. The first-order valence-corrected chi connectivity index (χ1v) is 11.7. The van der Waals surface area contributed by atoms with E-state index in [2.05, 4.69) is 15.5 Å². The van der Waals surface area contributed by atoms with E-state index >= 15 is 0 Å². The summed E-state index contributed by atoms with van der Waals surface area (Å²) in [5.74, 6) is 0.171. The fourth-order valence-corrected chi connectivity index (χ4v) is 4.92. The van der Waals surface area contributed by atoms with Crippen molar-refractivity contribution in [3.63, 3.8) is 0 Å². The number of halogens is 1. The summed E-state index contributed by atoms with van der Waals surface area (Å²) in [7, 11) is 0. The highest BCUT2D eigenvalue weighted by Crippen LogP contribution is 2.36. The molecule has 1 amide bonds. The van der Waals surface area contributed by atoms with Crippen molar-refractivity contribution in [3.8, 4) is 11.1 Å². The van der Waals surface area contributed by atoms with Crippen LogP contribution in [0.4, 0.5) is 9.39 Å². The van der Waals surface area contributed by atoms with E-state index in [0.717, 1.165) is 19.4 Å². The second-order valence-corrected chi connectivity index (χ2v) is 8.76. The molecule has 0 spiro atoms. The van der Waals surface area contributed by atoms with Crippen LogP contribution < -0.4 is 5.32 Å². The molecule has 0 bridgehead atoms. The molecule has 4 rings (SSSR count). The predicted molar refractivity (Wildman–Crippen MR) is 122 cm³/mol. The van der Waals surface area contributed by atoms with Gasteiger partial charge in [0.25, 0.3) is 0 Å². The number of hydrogen-bond acceptors (Lipinski definition) is 8. The number of benzene rings is 1. The van der Waals surface area contributed by atoms with Crippen molar-refractivity contribution >= 4 is 28.2 Å². The number of esters is 1. The van der Waals surface area contributed by atoms with E-state index in [1.54, 1.807) is 31.4 Å². The molecule has 10 heteroatoms. The van der Waals surface area contributed by atoms with Crippen molar-refractivity contribution < 1.29 is 23.2 Å². The van der Waals surface area contributed by atoms with Crippen LogP contribution in [0.2, 0.25) is 0 Å². The van der Waals surface area contributed by atoms with Gasteiger partial charge in [0.15, 0.2) is 5.82 Å². The number of carbonyl (C=O) groups is 2. The van der Waals surface area contributed by atoms with E-state index in [9.17, 15) is 14.0 Å². The van der Waals surface area contributed by atoms with Crippen LogP contribution in [0.5, 0.6) is 0 Å². The summed E-state index contributed by atoms with van der Waals surface area (Å²) in [5, 5.41) is 8.91. The fourth-order valence-electron chi connectivity index (χ4n) is 3.95. The first-order valence-electron chi connectivity index (χ1n) is 10.8. The number of nitrogens with one attached hydrogen (secondary N) is 1. The number of thiophene rings is 1. The highest BCUT2D eigenvalue weighted by molar-refractivity contribution is 7.15. The minimum Gasteiger partial charge on any atom is -0.462 e. The number of amides is 1. The van der Waals surface area contributed by atoms with Crippen LogP contribution >= 0.6 is 11.3 Å². The number of anilines is 1. The molecule has 1 aliphatic rings. The summed E-state index contributed by atoms with van der Waals surface area (Å²) in [5.41, 5.74) is 1.54. The maximum Gasteiger partial charge on any atom is 0.341 e. The molecule has 1 N–H and O–H groups in total. The Morgan fingerprint density at radius 3 is 2.82 bits per heavy atom. The molecule has 1 saturated heterocycles. The zero-order valence-corrected chi connectivity index (χ0v) is 19.3. The normalized spacial score (nSPS) is 16.5. The van der Waals surface area contributed by atoms with Gasteiger partial charge in [-0.1, -0.05) is 17.3 Å². The average Bonchev–Trinajstić information content (AvgIpc) is 3.41. The van der Waals surface area contributed by atoms with E-state index < -0.39 is 5.97 Å². The molecule has 1 aromatic carbocycles. The van der Waals surface area contributed by atoms with Gasteiger partial charge in [-0.15, -0.1) is 11.3 Å². The number of nitrogens with zero attached hydrogens (tertiary/aromatic N) is 3. The Hall–Kier alpha value is -3.11. The molecule has 0 aliphatic carbocycles. The minimum absolute atomic E-state index is 0.0923. The van der Waals surface area contributed by atoms with E-state index in [-0.39, 0.29) is 36.4 Å². The number of rotatable bonds is 7. The summed E-state index contributed by atoms with van der Waals surface area (Å²) in [6.07, 6.45) is 1.85. The van der Waals surface area contributed by atoms with Crippen LogP contribution in [-0.2, 0) is 9.53 Å². The van der Waals surface area contributed by atoms with Gasteiger partial charge in [-0.2, -0.15) is 4.98 Å². The third kappa shape index (κ3) is 5.45. The Morgan fingerprint density at radius 1 is 1.33 bits per heavy atom. The standard InChI is InChI=1S/C23H25FN4O4S/c1-3-31-23(30)20-18(15-6-8-17(24)9-7-15)13-33-22(20)26-19(29)12-28-10-4-5-16(11-28)21-25-14(2)27-32-21/h6-9,13,16H,3-5,10-12H2,1-2H3,(H,26,29). The Kier molecular flexibility index (Phi) is 7.14. The number of aryl methyl sites for hydroxylation is 1. The summed E-state index contributed by atoms with van der Waals surface area (Å²) < 4.78 is 23.9. The van der Waals surface area contributed by atoms with Crippen LogP contribution in [0.3, 0.4) is 0 Å². The van der Waals surface area contributed by atoms with Gasteiger partial charge in [0.2, 0.25) is 11.8 Å². The molecule has 33 heavy (non-hydrogen) atoms. The predicted octanol–water partition coefficient (Wildman–Crippen LogP) is 4.24. The van der Waals surface area contributed by atoms with Crippen molar-refractivity contribution in [2.45, 2.75) is 32.6 Å². The molecule has 1 atom stereocenters. The van der Waals surface area contributed by atoms with Gasteiger partial charge in [0.05, 0.1) is 19.1 Å². The number of piperidine rings is 1. The Labute approximate surface area is 194 Å². The Balaban J connectivity index is 1.48. The maximum atomic E-state index is 13.4. The van der Waals surface area contributed by atoms with Crippen molar-refractivity contribution in [1.29, 1.82) is 0 Å². The molecule has 2 aromatic heterocycles. The maximum absolute atomic E-state index is 13.4. The lowest BCUT2D eigenvalue weighted by atomic mass is 9.98. The van der Waals surface area contributed by atoms with Crippen LogP contribution in [0.15, 0.2) is 34.2 Å². The lowest BCUT2D eigenvalue weighted by molar-refractivity contribution is -0.117. The van der Waals surface area contributed by atoms with Crippen molar-refractivity contribution in [2.75, 3.05) is 31.6 Å². The van der Waals surface area contributed by atoms with Gasteiger partial charge < -0.3 is 14.6 Å². The third-order valence-corrected chi connectivity index (χ3v) is 6.34. The number of hydrogen-bond donors (Lipinski definition) is 1. The molecule has 1 aliphatic heterocycles. The highest BCUT2D eigenvalue weighted by atomic mass is 32.1. The SMILES string of the molecule is CCOC(=O)c1c(-c2ccc(F)cc2)csc1NC(=O)CN1CCCC(c2nc(C)no2)C1. The molecule has 1 fully saturated rings. The number of likely N-dealkylation sites (tertiary alicyclic amines) is 1. The molecular formula is C23H25FN4O4S. The first-order chi connectivity index (χ1) is 15.9. The van der Waals surface area contributed by atoms with Crippen molar-refractivity contribution in [2.24, 2.45) is 0 Å². The van der Waals surface area contributed by atoms with E-state index in [0.29, 0.717) is 34.4 Å². The third-order valence-electron chi connectivity index (χ3n) is 5.44. The molecule has 3 heterocycles. The van der Waals surface area contributed by atoms with Gasteiger partial charge in [0, 0.05) is 17.5 Å². The van der Waals surface area contributed by atoms with Crippen LogP contribution in [-0.4, -0.2) is 53.2 Å². The minimum atomic E-state index is -0.529. The summed E-state index contributed by atoms with van der Waals surface area (Å²) in [6, 6.07) is 5.85. The van der Waals surface area contributed by atoms with E-state index in [1.165, 1.54) is 23.5 Å². The van der Waals surface area contributed by atoms with Crippen LogP contribution in [0.25, 0.3) is 11.1 Å². The second-order valence-electron chi connectivity index (χ2n) is 7.88. The Morgan fingerprint density at radius 2 is 2.12 bits per heavy atom. The number of aromatic nitrogens is 2. The largest absolute Gasteiger partial charge is 0.462 e. The number of carbonyl (C=O) groups excluding carboxylic acids is 2. The zero-order valence-electron chi connectivity index (χ0n) is 18.5. The molecule has 1 unspecified atom stereocenters. The second kappa shape index (κ2) is 10.2. The molecule has 0 saturated carbocycles.